The van der Waals surface area contributed by atoms with Crippen molar-refractivity contribution in [3.63, 3.8) is 0 Å². The molecule has 0 saturated carbocycles. The van der Waals surface area contributed by atoms with Crippen LogP contribution < -0.4 is 9.64 Å². The number of anilines is 1. The van der Waals surface area contributed by atoms with Gasteiger partial charge in [-0.1, -0.05) is 65.4 Å². The summed E-state index contributed by atoms with van der Waals surface area (Å²) >= 11 is 18.7. The molecular formula is C17H11Cl2NO2S2. The Balaban J connectivity index is 1.99. The lowest BCUT2D eigenvalue weighted by Crippen LogP contribution is -2.27. The van der Waals surface area contributed by atoms with E-state index in [0.29, 0.717) is 36.3 Å². The minimum atomic E-state index is -0.208. The molecule has 1 heterocycles. The van der Waals surface area contributed by atoms with E-state index < -0.39 is 0 Å². The maximum absolute atomic E-state index is 12.8. The Hall–Kier alpha value is -1.53. The van der Waals surface area contributed by atoms with Gasteiger partial charge in [0.15, 0.2) is 4.32 Å². The van der Waals surface area contributed by atoms with Gasteiger partial charge < -0.3 is 4.74 Å². The molecule has 0 aliphatic carbocycles. The van der Waals surface area contributed by atoms with Crippen molar-refractivity contribution in [3.05, 3.63) is 63.0 Å². The minimum Gasteiger partial charge on any atom is -0.495 e. The first-order chi connectivity index (χ1) is 11.5. The highest BCUT2D eigenvalue weighted by Crippen LogP contribution is 2.40. The van der Waals surface area contributed by atoms with E-state index in [1.54, 1.807) is 43.5 Å². The van der Waals surface area contributed by atoms with Crippen molar-refractivity contribution < 1.29 is 9.53 Å². The molecule has 1 amide bonds. The first-order valence-corrected chi connectivity index (χ1v) is 8.85. The quantitative estimate of drug-likeness (QED) is 0.513. The summed E-state index contributed by atoms with van der Waals surface area (Å²) in [4.78, 5) is 14.8. The lowest BCUT2D eigenvalue weighted by molar-refractivity contribution is -0.113. The standard InChI is InChI=1S/C17H11Cl2NO2S2/c1-22-14-5-3-2-4-13(14)20-16(21)15(24-17(20)23)8-10-6-7-11(18)9-12(10)19/h2-9H,1H3/b15-8+. The number of carbonyl (C=O) groups excluding carboxylic acids is 1. The monoisotopic (exact) mass is 395 g/mol. The molecule has 1 aliphatic rings. The molecule has 7 heteroatoms. The minimum absolute atomic E-state index is 0.208. The van der Waals surface area contributed by atoms with Gasteiger partial charge in [-0.2, -0.15) is 0 Å². The summed E-state index contributed by atoms with van der Waals surface area (Å²) in [6.45, 7) is 0. The third-order valence-electron chi connectivity index (χ3n) is 3.37. The number of rotatable bonds is 3. The molecule has 1 fully saturated rings. The van der Waals surface area contributed by atoms with E-state index in [-0.39, 0.29) is 5.91 Å². The zero-order valence-electron chi connectivity index (χ0n) is 12.5. The molecule has 0 N–H and O–H groups in total. The normalized spacial score (nSPS) is 16.1. The Morgan fingerprint density at radius 2 is 1.96 bits per heavy atom. The summed E-state index contributed by atoms with van der Waals surface area (Å²) in [7, 11) is 1.56. The van der Waals surface area contributed by atoms with Crippen LogP contribution in [0, 0.1) is 0 Å². The summed E-state index contributed by atoms with van der Waals surface area (Å²) in [5, 5.41) is 1.02. The molecule has 0 radical (unpaired) electrons. The zero-order chi connectivity index (χ0) is 17.3. The molecule has 122 valence electrons. The van der Waals surface area contributed by atoms with Gasteiger partial charge in [0.2, 0.25) is 0 Å². The lowest BCUT2D eigenvalue weighted by Gasteiger charge is -2.17. The topological polar surface area (TPSA) is 29.5 Å². The molecule has 3 nitrogen and oxygen atoms in total. The van der Waals surface area contributed by atoms with Gasteiger partial charge in [-0.3, -0.25) is 9.69 Å². The van der Waals surface area contributed by atoms with Crippen LogP contribution in [0.2, 0.25) is 10.0 Å². The molecule has 0 atom stereocenters. The number of halogens is 2. The van der Waals surface area contributed by atoms with Crippen LogP contribution in [0.1, 0.15) is 5.56 Å². The average molecular weight is 396 g/mol. The Morgan fingerprint density at radius 1 is 1.21 bits per heavy atom. The SMILES string of the molecule is COc1ccccc1N1C(=O)/C(=C\c2ccc(Cl)cc2Cl)SC1=S. The molecule has 0 spiro atoms. The van der Waals surface area contributed by atoms with Crippen LogP contribution in [-0.2, 0) is 4.79 Å². The number of benzene rings is 2. The molecule has 0 unspecified atom stereocenters. The van der Waals surface area contributed by atoms with E-state index >= 15 is 0 Å². The van der Waals surface area contributed by atoms with Crippen LogP contribution >= 0.6 is 47.2 Å². The van der Waals surface area contributed by atoms with Gasteiger partial charge in [0.05, 0.1) is 17.7 Å². The second-order valence-electron chi connectivity index (χ2n) is 4.85. The van der Waals surface area contributed by atoms with Crippen molar-refractivity contribution in [1.82, 2.24) is 0 Å². The van der Waals surface area contributed by atoms with Crippen LogP contribution in [0.3, 0.4) is 0 Å². The first kappa shape index (κ1) is 17.3. The number of methoxy groups -OCH3 is 1. The zero-order valence-corrected chi connectivity index (χ0v) is 15.6. The molecular weight excluding hydrogens is 385 g/mol. The van der Waals surface area contributed by atoms with E-state index in [1.165, 1.54) is 16.7 Å². The van der Waals surface area contributed by atoms with Gasteiger partial charge in [0.1, 0.15) is 5.75 Å². The predicted molar refractivity (Wildman–Crippen MR) is 105 cm³/mol. The number of thiocarbonyl (C=S) groups is 1. The largest absolute Gasteiger partial charge is 0.495 e. The number of hydrogen-bond donors (Lipinski definition) is 0. The summed E-state index contributed by atoms with van der Waals surface area (Å²) in [6, 6.07) is 12.4. The number of amides is 1. The Morgan fingerprint density at radius 3 is 2.67 bits per heavy atom. The fraction of sp³-hybridized carbons (Fsp3) is 0.0588. The highest BCUT2D eigenvalue weighted by atomic mass is 35.5. The predicted octanol–water partition coefficient (Wildman–Crippen LogP) is 5.41. The van der Waals surface area contributed by atoms with Crippen molar-refractivity contribution in [1.29, 1.82) is 0 Å². The molecule has 3 rings (SSSR count). The lowest BCUT2D eigenvalue weighted by atomic mass is 10.2. The van der Waals surface area contributed by atoms with Gasteiger partial charge in [0, 0.05) is 10.0 Å². The van der Waals surface area contributed by atoms with Crippen molar-refractivity contribution in [2.75, 3.05) is 12.0 Å². The van der Waals surface area contributed by atoms with E-state index in [0.717, 1.165) is 0 Å². The van der Waals surface area contributed by atoms with Gasteiger partial charge in [0.25, 0.3) is 5.91 Å². The van der Waals surface area contributed by atoms with E-state index in [4.69, 9.17) is 40.2 Å². The van der Waals surface area contributed by atoms with Gasteiger partial charge in [-0.15, -0.1) is 0 Å². The van der Waals surface area contributed by atoms with Crippen molar-refractivity contribution >= 4 is 69.2 Å². The summed E-state index contributed by atoms with van der Waals surface area (Å²) in [5.74, 6) is 0.375. The fourth-order valence-corrected chi connectivity index (χ4v) is 3.99. The maximum Gasteiger partial charge on any atom is 0.270 e. The number of para-hydroxylation sites is 2. The Labute approximate surface area is 159 Å². The number of thioether (sulfide) groups is 1. The average Bonchev–Trinajstić information content (AvgIpc) is 2.84. The van der Waals surface area contributed by atoms with Crippen molar-refractivity contribution in [2.45, 2.75) is 0 Å². The van der Waals surface area contributed by atoms with E-state index in [1.807, 2.05) is 12.1 Å². The third kappa shape index (κ3) is 3.30. The third-order valence-corrected chi connectivity index (χ3v) is 5.23. The van der Waals surface area contributed by atoms with Crippen LogP contribution in [0.4, 0.5) is 5.69 Å². The summed E-state index contributed by atoms with van der Waals surface area (Å²) < 4.78 is 5.77. The first-order valence-electron chi connectivity index (χ1n) is 6.87. The highest BCUT2D eigenvalue weighted by molar-refractivity contribution is 8.27. The van der Waals surface area contributed by atoms with E-state index in [9.17, 15) is 4.79 Å². The molecule has 1 saturated heterocycles. The van der Waals surface area contributed by atoms with Crippen molar-refractivity contribution in [2.24, 2.45) is 0 Å². The van der Waals surface area contributed by atoms with Crippen LogP contribution in [0.15, 0.2) is 47.4 Å². The molecule has 1 aliphatic heterocycles. The second-order valence-corrected chi connectivity index (χ2v) is 7.37. The van der Waals surface area contributed by atoms with Crippen molar-refractivity contribution in [3.8, 4) is 5.75 Å². The molecule has 0 aromatic heterocycles. The number of ether oxygens (including phenoxy) is 1. The number of hydrogen-bond acceptors (Lipinski definition) is 4. The molecule has 2 aromatic carbocycles. The number of carbonyl (C=O) groups is 1. The second kappa shape index (κ2) is 7.15. The van der Waals surface area contributed by atoms with Gasteiger partial charge in [-0.25, -0.2) is 0 Å². The molecule has 0 bridgehead atoms. The smallest absolute Gasteiger partial charge is 0.270 e. The van der Waals surface area contributed by atoms with Crippen LogP contribution in [0.25, 0.3) is 6.08 Å². The Bertz CT molecular complexity index is 867. The number of nitrogens with zero attached hydrogens (tertiary/aromatic N) is 1. The molecule has 24 heavy (non-hydrogen) atoms. The maximum atomic E-state index is 12.8. The summed E-state index contributed by atoms with van der Waals surface area (Å²) in [5.41, 5.74) is 1.33. The molecule has 2 aromatic rings. The fourth-order valence-electron chi connectivity index (χ4n) is 2.25. The summed E-state index contributed by atoms with van der Waals surface area (Å²) in [6.07, 6.45) is 1.72. The van der Waals surface area contributed by atoms with Gasteiger partial charge in [-0.05, 0) is 35.9 Å². The van der Waals surface area contributed by atoms with E-state index in [2.05, 4.69) is 0 Å². The van der Waals surface area contributed by atoms with Gasteiger partial charge >= 0.3 is 0 Å². The Kier molecular flexibility index (Phi) is 5.15. The van der Waals surface area contributed by atoms with Crippen LogP contribution in [0.5, 0.6) is 5.75 Å². The highest BCUT2D eigenvalue weighted by Gasteiger charge is 2.34. The van der Waals surface area contributed by atoms with Crippen LogP contribution in [-0.4, -0.2) is 17.3 Å².